The van der Waals surface area contributed by atoms with E-state index < -0.39 is 17.4 Å². The van der Waals surface area contributed by atoms with E-state index in [9.17, 15) is 52.7 Å². The Labute approximate surface area is 667 Å². The average Bonchev–Trinajstić information content (AvgIpc) is 0.825. The molecule has 110 heavy (non-hydrogen) atoms. The van der Waals surface area contributed by atoms with E-state index in [1.165, 1.54) is 41.5 Å². The quantitative estimate of drug-likeness (QED) is 0.0230. The molecule has 3 aliphatic heterocycles. The van der Waals surface area contributed by atoms with E-state index in [1.807, 2.05) is 51.1 Å². The van der Waals surface area contributed by atoms with Gasteiger partial charge in [-0.25, -0.2) is 0 Å². The van der Waals surface area contributed by atoms with Crippen LogP contribution < -0.4 is 26.6 Å². The van der Waals surface area contributed by atoms with Gasteiger partial charge in [-0.05, 0) is 103 Å². The highest BCUT2D eigenvalue weighted by Gasteiger charge is 2.45. The highest BCUT2D eigenvalue weighted by molar-refractivity contribution is 8.00. The van der Waals surface area contributed by atoms with E-state index in [-0.39, 0.29) is 246 Å². The molecule has 1 aromatic carbocycles. The van der Waals surface area contributed by atoms with Gasteiger partial charge in [0.25, 0.3) is 0 Å². The van der Waals surface area contributed by atoms with Crippen LogP contribution in [-0.4, -0.2) is 207 Å². The predicted octanol–water partition coefficient (Wildman–Crippen LogP) is 10.9. The molecule has 3 saturated heterocycles. The number of esters is 4. The number of thioether (sulfide) groups is 3. The summed E-state index contributed by atoms with van der Waals surface area (Å²) in [5.41, 5.74) is -1.40. The monoisotopic (exact) mass is 1610 g/mol. The van der Waals surface area contributed by atoms with E-state index in [0.717, 1.165) is 99.9 Å². The first-order chi connectivity index (χ1) is 52.6. The van der Waals surface area contributed by atoms with Gasteiger partial charge in [0.2, 0.25) is 29.5 Å². The zero-order valence-corrected chi connectivity index (χ0v) is 70.3. The molecule has 3 fully saturated rings. The molecule has 3 aliphatic rings. The van der Waals surface area contributed by atoms with Crippen molar-refractivity contribution in [1.29, 1.82) is 0 Å². The molecular weight excluding hydrogens is 1480 g/mol. The Morgan fingerprint density at radius 1 is 0.391 bits per heavy atom. The number of amides is 5. The summed E-state index contributed by atoms with van der Waals surface area (Å²) in [5.74, 6) is 0.320. The maximum absolute atomic E-state index is 14.0. The molecule has 5 amide bonds. The van der Waals surface area contributed by atoms with Gasteiger partial charge in [-0.2, -0.15) is 0 Å². The molecule has 26 nitrogen and oxygen atoms in total. The minimum absolute atomic E-state index is 0.0114. The molecule has 4 rings (SSSR count). The molecule has 0 aromatic heterocycles. The molecule has 15 atom stereocenters. The molecule has 0 saturated carbocycles. The largest absolute Gasteiger partial charge is 0.463 e. The molecule has 0 spiro atoms. The van der Waals surface area contributed by atoms with Crippen LogP contribution in [0.1, 0.15) is 230 Å². The van der Waals surface area contributed by atoms with E-state index >= 15 is 0 Å². The number of carbonyl (C=O) groups is 11. The van der Waals surface area contributed by atoms with Crippen LogP contribution in [-0.2, 0) is 107 Å². The fraction of sp³-hybridized carbons (Fsp3) is 0.790. The van der Waals surface area contributed by atoms with Crippen LogP contribution in [0, 0.1) is 35.5 Å². The van der Waals surface area contributed by atoms with Crippen molar-refractivity contribution >= 4 is 100 Å². The number of rotatable bonds is 57. The van der Waals surface area contributed by atoms with Crippen LogP contribution in [0.3, 0.4) is 0 Å². The van der Waals surface area contributed by atoms with Crippen molar-refractivity contribution in [3.05, 3.63) is 35.9 Å². The predicted molar refractivity (Wildman–Crippen MR) is 425 cm³/mol. The Hall–Kier alpha value is -5.40. The first-order valence-electron chi connectivity index (χ1n) is 40.1. The second-order valence-electron chi connectivity index (χ2n) is 30.1. The lowest BCUT2D eigenvalue weighted by Gasteiger charge is -2.44. The first-order valence-corrected chi connectivity index (χ1v) is 43.3. The van der Waals surface area contributed by atoms with Crippen LogP contribution in [0.15, 0.2) is 30.3 Å². The number of hydrogen-bond donors (Lipinski definition) is 5. The topological polar surface area (TPSA) is 340 Å². The minimum atomic E-state index is -1.34. The van der Waals surface area contributed by atoms with Gasteiger partial charge in [-0.15, -0.1) is 35.3 Å². The van der Waals surface area contributed by atoms with Crippen LogP contribution in [0.2, 0.25) is 0 Å². The van der Waals surface area contributed by atoms with Gasteiger partial charge >= 0.3 is 23.9 Å². The third kappa shape index (κ3) is 40.1. The Morgan fingerprint density at radius 2 is 0.755 bits per heavy atom. The lowest BCUT2D eigenvalue weighted by atomic mass is 9.83. The van der Waals surface area contributed by atoms with Gasteiger partial charge in [0.05, 0.1) is 76.1 Å². The summed E-state index contributed by atoms with van der Waals surface area (Å²) in [4.78, 5) is 138. The Bertz CT molecular complexity index is 2670. The zero-order valence-electron chi connectivity index (χ0n) is 67.8. The Kier molecular flexibility index (Phi) is 48.6. The molecule has 15 unspecified atom stereocenters. The number of nitrogens with one attached hydrogen (secondary N) is 5. The van der Waals surface area contributed by atoms with Crippen molar-refractivity contribution < 1.29 is 100 Å². The highest BCUT2D eigenvalue weighted by atomic mass is 32.2. The van der Waals surface area contributed by atoms with Gasteiger partial charge in [0.1, 0.15) is 59.8 Å². The van der Waals surface area contributed by atoms with Gasteiger partial charge in [-0.3, -0.25) is 52.7 Å². The van der Waals surface area contributed by atoms with Crippen molar-refractivity contribution in [1.82, 2.24) is 26.6 Å². The van der Waals surface area contributed by atoms with Crippen molar-refractivity contribution in [2.75, 3.05) is 83.3 Å². The third-order valence-electron chi connectivity index (χ3n) is 20.7. The Balaban J connectivity index is 1.33. The van der Waals surface area contributed by atoms with E-state index in [1.54, 1.807) is 35.3 Å². The second kappa shape index (κ2) is 55.2. The lowest BCUT2D eigenvalue weighted by molar-refractivity contribution is -0.155. The standard InChI is InChI=1S/C81H133N5O21S3/c1-54-57(4)75(83-60(7)87)78(105-69(54)48-101-63(10)90)108-44-27-18-13-15-24-33-67(93)37-41-98-51-81(86-73(96)35-30-36-74(97)104-47-66-31-22-21-23-32-66,52-99-42-38-68(94)34-25-16-14-19-28-45-109-79-76(84-61(8)88)58(5)55(2)70(106-79)49-102-64(11)91)53-100-43-39-72(95)82-40-26-17-20-29-46-110-80-77(85-62(9)89)59(6)56(3)71(107-80)50-103-65(12)92/h21-23,31-32,54-59,69-71,75-80H,13-20,24-30,33-53H2,1-12H3,(H,82,95)(H,83,87)(H,84,88)(H,85,89)(H,86,96). The highest BCUT2D eigenvalue weighted by Crippen LogP contribution is 2.39. The normalized spacial score (nSPS) is 24.3. The van der Waals surface area contributed by atoms with Crippen molar-refractivity contribution in [3.63, 3.8) is 0 Å². The van der Waals surface area contributed by atoms with Gasteiger partial charge in [0, 0.05) is 93.0 Å². The maximum atomic E-state index is 14.0. The van der Waals surface area contributed by atoms with Gasteiger partial charge < -0.3 is 74.0 Å². The summed E-state index contributed by atoms with van der Waals surface area (Å²) < 4.78 is 59.3. The number of hydrogen-bond acceptors (Lipinski definition) is 24. The average molecular weight is 1610 g/mol. The number of ketones is 2. The molecule has 0 bridgehead atoms. The summed E-state index contributed by atoms with van der Waals surface area (Å²) >= 11 is 4.94. The number of carbonyl (C=O) groups excluding carboxylic acids is 11. The molecule has 29 heteroatoms. The number of unbranched alkanes of at least 4 members (excludes halogenated alkanes) is 11. The molecule has 1 aromatic rings. The third-order valence-corrected chi connectivity index (χ3v) is 24.5. The molecular formula is C81H133N5O21S3. The van der Waals surface area contributed by atoms with Gasteiger partial charge in [-0.1, -0.05) is 123 Å². The number of benzene rings is 1. The molecule has 5 N–H and O–H groups in total. The van der Waals surface area contributed by atoms with Crippen LogP contribution >= 0.6 is 35.3 Å². The number of ether oxygens (including phenoxy) is 10. The summed E-state index contributed by atoms with van der Waals surface area (Å²) in [6.45, 7) is 21.7. The maximum Gasteiger partial charge on any atom is 0.306 e. The minimum Gasteiger partial charge on any atom is -0.463 e. The lowest BCUT2D eigenvalue weighted by Crippen LogP contribution is -2.58. The fourth-order valence-electron chi connectivity index (χ4n) is 13.6. The molecule has 0 aliphatic carbocycles. The summed E-state index contributed by atoms with van der Waals surface area (Å²) in [6.07, 6.45) is 12.3. The van der Waals surface area contributed by atoms with E-state index in [4.69, 9.17) is 47.4 Å². The van der Waals surface area contributed by atoms with Gasteiger partial charge in [0.15, 0.2) is 0 Å². The fourth-order valence-corrected chi connectivity index (χ4v) is 17.6. The van der Waals surface area contributed by atoms with E-state index in [0.29, 0.717) is 32.2 Å². The zero-order chi connectivity index (χ0) is 80.8. The van der Waals surface area contributed by atoms with Crippen LogP contribution in [0.25, 0.3) is 0 Å². The summed E-state index contributed by atoms with van der Waals surface area (Å²) in [6, 6.07) is 8.71. The molecule has 0 radical (unpaired) electrons. The van der Waals surface area contributed by atoms with Crippen molar-refractivity contribution in [3.8, 4) is 0 Å². The number of Topliss-reactive ketones (excluding diaryl/α,β-unsaturated/α-hetero) is 2. The second-order valence-corrected chi connectivity index (χ2v) is 33.7. The smallest absolute Gasteiger partial charge is 0.306 e. The first kappa shape index (κ1) is 97.0. The summed E-state index contributed by atoms with van der Waals surface area (Å²) in [7, 11) is 0. The Morgan fingerprint density at radius 3 is 1.14 bits per heavy atom. The van der Waals surface area contributed by atoms with Crippen LogP contribution in [0.5, 0.6) is 0 Å². The molecule has 3 heterocycles. The van der Waals surface area contributed by atoms with E-state index in [2.05, 4.69) is 47.4 Å². The SMILES string of the molecule is CC(=O)NC1C(SCCCCCCCC(=O)CCOCC(COCCC(=O)CCCCCCCSC2OC(COC(C)=O)C(C)C(C)C2NC(C)=O)(COCCC(=O)NCCCCCCSC2OC(COC(C)=O)C(C)C(C)C2NC(C)=O)NC(=O)CCCC(=O)OCc2ccccc2)OC(COC(C)=O)C(C)C1C. The molecule has 626 valence electrons. The van der Waals surface area contributed by atoms with Crippen molar-refractivity contribution in [2.24, 2.45) is 35.5 Å². The summed E-state index contributed by atoms with van der Waals surface area (Å²) in [5, 5.41) is 15.3. The van der Waals surface area contributed by atoms with Crippen molar-refractivity contribution in [2.45, 2.75) is 289 Å². The van der Waals surface area contributed by atoms with Crippen LogP contribution in [0.4, 0.5) is 0 Å².